The van der Waals surface area contributed by atoms with E-state index in [9.17, 15) is 9.18 Å². The van der Waals surface area contributed by atoms with Gasteiger partial charge in [0.25, 0.3) is 0 Å². The molecule has 1 atom stereocenters. The highest BCUT2D eigenvalue weighted by Crippen LogP contribution is 2.27. The van der Waals surface area contributed by atoms with Crippen molar-refractivity contribution in [2.24, 2.45) is 5.73 Å². The number of carbonyl (C=O) groups is 1. The summed E-state index contributed by atoms with van der Waals surface area (Å²) in [6.07, 6.45) is 0.224. The second-order valence-electron chi connectivity index (χ2n) is 3.48. The van der Waals surface area contributed by atoms with E-state index in [4.69, 9.17) is 22.4 Å². The van der Waals surface area contributed by atoms with Crippen LogP contribution < -0.4 is 5.73 Å². The third kappa shape index (κ3) is 3.18. The highest BCUT2D eigenvalue weighted by Gasteiger charge is 2.14. The molecule has 3 N–H and O–H groups in total. The van der Waals surface area contributed by atoms with E-state index in [1.54, 1.807) is 18.2 Å². The smallest absolute Gasteiger partial charge is 0.303 e. The van der Waals surface area contributed by atoms with Gasteiger partial charge in [0.1, 0.15) is 6.67 Å². The van der Waals surface area contributed by atoms with Crippen LogP contribution in [0.25, 0.3) is 0 Å². The normalized spacial score (nSPS) is 12.4. The van der Waals surface area contributed by atoms with Crippen molar-refractivity contribution in [2.75, 3.05) is 0 Å². The minimum Gasteiger partial charge on any atom is -0.481 e. The van der Waals surface area contributed by atoms with Crippen LogP contribution in [-0.2, 0) is 11.5 Å². The van der Waals surface area contributed by atoms with Crippen LogP contribution in [0.5, 0.6) is 0 Å². The molecule has 0 aliphatic heterocycles. The van der Waals surface area contributed by atoms with Crippen molar-refractivity contribution in [3.63, 3.8) is 0 Å². The molecule has 1 aromatic carbocycles. The highest BCUT2D eigenvalue weighted by molar-refractivity contribution is 6.31. The van der Waals surface area contributed by atoms with Gasteiger partial charge in [-0.15, -0.1) is 0 Å². The number of hydrogen-bond acceptors (Lipinski definition) is 2. The first-order chi connectivity index (χ1) is 7.56. The van der Waals surface area contributed by atoms with E-state index in [-0.39, 0.29) is 12.8 Å². The predicted octanol–water partition coefficient (Wildman–Crippen LogP) is 2.67. The zero-order chi connectivity index (χ0) is 12.1. The monoisotopic (exact) mass is 245 g/mol. The van der Waals surface area contributed by atoms with Gasteiger partial charge in [-0.25, -0.2) is 4.39 Å². The second kappa shape index (κ2) is 5.82. The maximum absolute atomic E-state index is 12.7. The minimum absolute atomic E-state index is 0.0423. The lowest BCUT2D eigenvalue weighted by Crippen LogP contribution is -2.14. The average molecular weight is 246 g/mol. The summed E-state index contributed by atoms with van der Waals surface area (Å²) in [6, 6.07) is 4.44. The van der Waals surface area contributed by atoms with Crippen molar-refractivity contribution < 1.29 is 14.3 Å². The van der Waals surface area contributed by atoms with Crippen molar-refractivity contribution >= 4 is 17.6 Å². The summed E-state index contributed by atoms with van der Waals surface area (Å²) in [4.78, 5) is 10.4. The Hall–Kier alpha value is -1.13. The molecule has 1 aromatic rings. The quantitative estimate of drug-likeness (QED) is 0.838. The van der Waals surface area contributed by atoms with Crippen LogP contribution in [0.2, 0.25) is 5.02 Å². The maximum atomic E-state index is 12.7. The SMILES string of the molecule is NC(CCC(=O)O)c1cccc(Cl)c1CF. The van der Waals surface area contributed by atoms with E-state index in [1.165, 1.54) is 0 Å². The Morgan fingerprint density at radius 2 is 2.25 bits per heavy atom. The first-order valence-electron chi connectivity index (χ1n) is 4.87. The van der Waals surface area contributed by atoms with E-state index in [2.05, 4.69) is 0 Å². The summed E-state index contributed by atoms with van der Waals surface area (Å²) in [7, 11) is 0. The summed E-state index contributed by atoms with van der Waals surface area (Å²) in [6.45, 7) is -0.699. The molecule has 0 aromatic heterocycles. The summed E-state index contributed by atoms with van der Waals surface area (Å²) in [5.41, 5.74) is 6.73. The lowest BCUT2D eigenvalue weighted by Gasteiger charge is -2.15. The summed E-state index contributed by atoms with van der Waals surface area (Å²) < 4.78 is 12.7. The fourth-order valence-corrected chi connectivity index (χ4v) is 1.73. The number of nitrogens with two attached hydrogens (primary N) is 1. The number of rotatable bonds is 5. The Labute approximate surface area is 98.0 Å². The van der Waals surface area contributed by atoms with Crippen LogP contribution in [0, 0.1) is 0 Å². The van der Waals surface area contributed by atoms with Gasteiger partial charge in [0, 0.05) is 23.0 Å². The first kappa shape index (κ1) is 12.9. The molecule has 16 heavy (non-hydrogen) atoms. The number of carboxylic acids is 1. The molecular formula is C11H13ClFNO2. The molecule has 0 aliphatic carbocycles. The van der Waals surface area contributed by atoms with Gasteiger partial charge in [-0.2, -0.15) is 0 Å². The largest absolute Gasteiger partial charge is 0.481 e. The van der Waals surface area contributed by atoms with E-state index in [1.807, 2.05) is 0 Å². The van der Waals surface area contributed by atoms with Gasteiger partial charge >= 0.3 is 5.97 Å². The number of aliphatic carboxylic acids is 1. The molecule has 0 amide bonds. The lowest BCUT2D eigenvalue weighted by molar-refractivity contribution is -0.137. The van der Waals surface area contributed by atoms with Gasteiger partial charge < -0.3 is 10.8 Å². The molecule has 0 radical (unpaired) electrons. The molecule has 0 aliphatic rings. The number of carboxylic acid groups (broad SMARTS) is 1. The Kier molecular flexibility index (Phi) is 4.71. The highest BCUT2D eigenvalue weighted by atomic mass is 35.5. The zero-order valence-corrected chi connectivity index (χ0v) is 9.38. The summed E-state index contributed by atoms with van der Waals surface area (Å²) >= 11 is 5.82. The Morgan fingerprint density at radius 3 is 2.81 bits per heavy atom. The number of alkyl halides is 1. The zero-order valence-electron chi connectivity index (χ0n) is 8.62. The Morgan fingerprint density at radius 1 is 1.56 bits per heavy atom. The van der Waals surface area contributed by atoms with Gasteiger partial charge in [0.05, 0.1) is 0 Å². The average Bonchev–Trinajstić information content (AvgIpc) is 2.25. The van der Waals surface area contributed by atoms with Gasteiger partial charge in [-0.1, -0.05) is 23.7 Å². The first-order valence-corrected chi connectivity index (χ1v) is 5.24. The molecular weight excluding hydrogens is 233 g/mol. The van der Waals surface area contributed by atoms with Crippen LogP contribution in [0.3, 0.4) is 0 Å². The van der Waals surface area contributed by atoms with Crippen LogP contribution in [0.4, 0.5) is 4.39 Å². The molecule has 0 saturated heterocycles. The molecule has 0 spiro atoms. The minimum atomic E-state index is -0.917. The van der Waals surface area contributed by atoms with Crippen LogP contribution in [-0.4, -0.2) is 11.1 Å². The maximum Gasteiger partial charge on any atom is 0.303 e. The molecule has 0 heterocycles. The van der Waals surface area contributed by atoms with E-state index in [0.29, 0.717) is 16.1 Å². The predicted molar refractivity (Wildman–Crippen MR) is 60.1 cm³/mol. The van der Waals surface area contributed by atoms with E-state index < -0.39 is 18.7 Å². The fraction of sp³-hybridized carbons (Fsp3) is 0.364. The van der Waals surface area contributed by atoms with E-state index in [0.717, 1.165) is 0 Å². The Bertz CT molecular complexity index is 384. The lowest BCUT2D eigenvalue weighted by atomic mass is 9.98. The van der Waals surface area contributed by atoms with Crippen molar-refractivity contribution in [1.82, 2.24) is 0 Å². The van der Waals surface area contributed by atoms with E-state index >= 15 is 0 Å². The number of hydrogen-bond donors (Lipinski definition) is 2. The second-order valence-corrected chi connectivity index (χ2v) is 3.89. The van der Waals surface area contributed by atoms with Crippen LogP contribution >= 0.6 is 11.6 Å². The van der Waals surface area contributed by atoms with Crippen molar-refractivity contribution in [1.29, 1.82) is 0 Å². The molecule has 5 heteroatoms. The van der Waals surface area contributed by atoms with Gasteiger partial charge in [-0.05, 0) is 18.1 Å². The summed E-state index contributed by atoms with van der Waals surface area (Å²) in [5.74, 6) is -0.917. The number of halogens is 2. The molecule has 0 bridgehead atoms. The van der Waals surface area contributed by atoms with Gasteiger partial charge in [0.15, 0.2) is 0 Å². The van der Waals surface area contributed by atoms with Crippen LogP contribution in [0.1, 0.15) is 30.0 Å². The molecule has 3 nitrogen and oxygen atoms in total. The Balaban J connectivity index is 2.85. The third-order valence-electron chi connectivity index (χ3n) is 2.36. The van der Waals surface area contributed by atoms with Crippen molar-refractivity contribution in [3.05, 3.63) is 34.3 Å². The third-order valence-corrected chi connectivity index (χ3v) is 2.71. The fourth-order valence-electron chi connectivity index (χ4n) is 1.50. The van der Waals surface area contributed by atoms with Gasteiger partial charge in [-0.3, -0.25) is 4.79 Å². The molecule has 0 fully saturated rings. The van der Waals surface area contributed by atoms with Crippen molar-refractivity contribution in [3.8, 4) is 0 Å². The topological polar surface area (TPSA) is 63.3 Å². The van der Waals surface area contributed by atoms with Crippen LogP contribution in [0.15, 0.2) is 18.2 Å². The molecule has 88 valence electrons. The molecule has 1 unspecified atom stereocenters. The molecule has 1 rings (SSSR count). The standard InChI is InChI=1S/C11H13ClFNO2/c12-9-3-1-2-7(8(9)6-13)10(14)4-5-11(15)16/h1-3,10H,4-6,14H2,(H,15,16). The van der Waals surface area contributed by atoms with Gasteiger partial charge in [0.2, 0.25) is 0 Å². The summed E-state index contributed by atoms with van der Waals surface area (Å²) in [5, 5.41) is 8.86. The van der Waals surface area contributed by atoms with Crippen molar-refractivity contribution in [2.45, 2.75) is 25.6 Å². The number of benzene rings is 1. The molecule has 0 saturated carbocycles.